The molecule has 0 saturated heterocycles. The summed E-state index contributed by atoms with van der Waals surface area (Å²) in [6.07, 6.45) is 0.280. The van der Waals surface area contributed by atoms with E-state index in [1.165, 1.54) is 6.92 Å². The minimum atomic E-state index is -1.22. The first-order valence-electron chi connectivity index (χ1n) is 8.23. The summed E-state index contributed by atoms with van der Waals surface area (Å²) in [6.45, 7) is 5.09. The van der Waals surface area contributed by atoms with E-state index in [2.05, 4.69) is 15.6 Å². The third-order valence-corrected chi connectivity index (χ3v) is 2.93. The first-order valence-corrected chi connectivity index (χ1v) is 8.23. The topological polar surface area (TPSA) is 203 Å². The highest BCUT2D eigenvalue weighted by Crippen LogP contribution is 1.96. The zero-order valence-electron chi connectivity index (χ0n) is 15.4. The van der Waals surface area contributed by atoms with Crippen LogP contribution in [-0.2, 0) is 19.2 Å². The van der Waals surface area contributed by atoms with Gasteiger partial charge < -0.3 is 32.9 Å². The fraction of sp³-hybridized carbons (Fsp3) is 0.667. The van der Waals surface area contributed by atoms with Crippen molar-refractivity contribution < 1.29 is 24.3 Å². The van der Waals surface area contributed by atoms with E-state index in [0.29, 0.717) is 19.4 Å². The summed E-state index contributed by atoms with van der Waals surface area (Å²) >= 11 is 0. The maximum Gasteiger partial charge on any atom is 0.305 e. The van der Waals surface area contributed by atoms with Crippen molar-refractivity contribution in [3.05, 3.63) is 0 Å². The standard InChI is InChI=1S/C13H24N6O5.C2H6/c1-7(20)9(5-11(22)23)19-10(21)6-18-12(24)8(14)3-2-4-17-13(15)16;1-2/h8-9H,2-6,14H2,1H3,(H,18,24)(H,19,21)(H,22,23)(H4,15,16,17);1-2H3/t8-,9-;/m0./s1. The molecule has 0 unspecified atom stereocenters. The zero-order chi connectivity index (χ0) is 20.7. The number of carboxylic acids is 1. The van der Waals surface area contributed by atoms with Gasteiger partial charge in [0, 0.05) is 6.54 Å². The average molecular weight is 374 g/mol. The van der Waals surface area contributed by atoms with Gasteiger partial charge in [0.05, 0.1) is 25.0 Å². The second kappa shape index (κ2) is 14.6. The molecule has 26 heavy (non-hydrogen) atoms. The van der Waals surface area contributed by atoms with Crippen LogP contribution in [0, 0.1) is 0 Å². The molecule has 9 N–H and O–H groups in total. The molecule has 11 heteroatoms. The Morgan fingerprint density at radius 1 is 1.15 bits per heavy atom. The first kappa shape index (κ1) is 25.5. The molecule has 0 spiro atoms. The molecule has 0 radical (unpaired) electrons. The summed E-state index contributed by atoms with van der Waals surface area (Å²) in [5.74, 6) is -2.99. The first-order chi connectivity index (χ1) is 12.1. The van der Waals surface area contributed by atoms with Gasteiger partial charge in [0.15, 0.2) is 11.7 Å². The van der Waals surface area contributed by atoms with E-state index < -0.39 is 48.6 Å². The van der Waals surface area contributed by atoms with Crippen LogP contribution in [0.3, 0.4) is 0 Å². The van der Waals surface area contributed by atoms with E-state index in [1.807, 2.05) is 13.8 Å². The number of carbonyl (C=O) groups is 4. The number of ketones is 1. The molecule has 0 fully saturated rings. The van der Waals surface area contributed by atoms with Crippen molar-refractivity contribution in [3.63, 3.8) is 0 Å². The van der Waals surface area contributed by atoms with Crippen LogP contribution in [0.4, 0.5) is 0 Å². The summed E-state index contributed by atoms with van der Waals surface area (Å²) in [6, 6.07) is -1.98. The summed E-state index contributed by atoms with van der Waals surface area (Å²) in [4.78, 5) is 48.9. The van der Waals surface area contributed by atoms with Gasteiger partial charge in [-0.25, -0.2) is 0 Å². The number of hydrogen-bond acceptors (Lipinski definition) is 6. The summed E-state index contributed by atoms with van der Waals surface area (Å²) in [5.41, 5.74) is 16.0. The van der Waals surface area contributed by atoms with Crippen molar-refractivity contribution in [2.45, 2.75) is 52.1 Å². The Balaban J connectivity index is 0. The molecule has 0 rings (SSSR count). The van der Waals surface area contributed by atoms with Crippen molar-refractivity contribution >= 4 is 29.5 Å². The SMILES string of the molecule is CC.CC(=O)[C@H](CC(=O)O)NC(=O)CNC(=O)[C@@H](N)CCCN=C(N)N. The number of nitrogens with two attached hydrogens (primary N) is 3. The maximum absolute atomic E-state index is 11.7. The number of nitrogens with zero attached hydrogens (tertiary/aromatic N) is 1. The summed E-state index contributed by atoms with van der Waals surface area (Å²) in [7, 11) is 0. The number of carboxylic acid groups (broad SMARTS) is 1. The molecule has 2 atom stereocenters. The lowest BCUT2D eigenvalue weighted by Gasteiger charge is -2.15. The van der Waals surface area contributed by atoms with Gasteiger partial charge in [0.2, 0.25) is 11.8 Å². The second-order valence-corrected chi connectivity index (χ2v) is 5.10. The number of Topliss-reactive ketones (excluding diaryl/α,β-unsaturated/α-hetero) is 1. The fourth-order valence-electron chi connectivity index (χ4n) is 1.67. The number of rotatable bonds is 11. The van der Waals surface area contributed by atoms with Crippen molar-refractivity contribution in [2.75, 3.05) is 13.1 Å². The Hall–Kier alpha value is -2.69. The van der Waals surface area contributed by atoms with E-state index in [1.54, 1.807) is 0 Å². The van der Waals surface area contributed by atoms with Gasteiger partial charge in [-0.2, -0.15) is 0 Å². The van der Waals surface area contributed by atoms with Crippen molar-refractivity contribution in [1.82, 2.24) is 10.6 Å². The number of hydrogen-bond donors (Lipinski definition) is 6. The van der Waals surface area contributed by atoms with Gasteiger partial charge in [-0.15, -0.1) is 0 Å². The number of nitrogens with one attached hydrogen (secondary N) is 2. The number of amides is 2. The minimum absolute atomic E-state index is 0.0499. The molecular weight excluding hydrogens is 344 g/mol. The predicted molar refractivity (Wildman–Crippen MR) is 97.1 cm³/mol. The Labute approximate surface area is 152 Å². The molecule has 2 amide bonds. The fourth-order valence-corrected chi connectivity index (χ4v) is 1.67. The van der Waals surface area contributed by atoms with Crippen molar-refractivity contribution in [1.29, 1.82) is 0 Å². The maximum atomic E-state index is 11.7. The van der Waals surface area contributed by atoms with Gasteiger partial charge in [-0.1, -0.05) is 13.8 Å². The normalized spacial score (nSPS) is 11.8. The Morgan fingerprint density at radius 3 is 2.19 bits per heavy atom. The Bertz CT molecular complexity index is 505. The van der Waals surface area contributed by atoms with E-state index in [-0.39, 0.29) is 5.96 Å². The molecule has 11 nitrogen and oxygen atoms in total. The number of aliphatic imine (C=N–C) groups is 1. The summed E-state index contributed by atoms with van der Waals surface area (Å²) in [5, 5.41) is 13.2. The average Bonchev–Trinajstić information content (AvgIpc) is 2.56. The predicted octanol–water partition coefficient (Wildman–Crippen LogP) is -1.94. The van der Waals surface area contributed by atoms with E-state index in [4.69, 9.17) is 22.3 Å². The molecular formula is C15H30N6O5. The Morgan fingerprint density at radius 2 is 1.73 bits per heavy atom. The molecule has 0 aromatic rings. The molecule has 0 aromatic carbocycles. The zero-order valence-corrected chi connectivity index (χ0v) is 15.4. The van der Waals surface area contributed by atoms with E-state index >= 15 is 0 Å². The number of carbonyl (C=O) groups excluding carboxylic acids is 3. The van der Waals surface area contributed by atoms with E-state index in [0.717, 1.165) is 0 Å². The van der Waals surface area contributed by atoms with Crippen molar-refractivity contribution in [3.8, 4) is 0 Å². The quantitative estimate of drug-likeness (QED) is 0.136. The minimum Gasteiger partial charge on any atom is -0.481 e. The van der Waals surface area contributed by atoms with Gasteiger partial charge in [-0.05, 0) is 19.8 Å². The molecule has 0 saturated carbocycles. The van der Waals surface area contributed by atoms with Crippen LogP contribution < -0.4 is 27.8 Å². The third-order valence-electron chi connectivity index (χ3n) is 2.93. The van der Waals surface area contributed by atoms with Crippen LogP contribution in [0.25, 0.3) is 0 Å². The smallest absolute Gasteiger partial charge is 0.305 e. The van der Waals surface area contributed by atoms with Crippen molar-refractivity contribution in [2.24, 2.45) is 22.2 Å². The molecule has 0 heterocycles. The molecule has 0 aromatic heterocycles. The number of aliphatic carboxylic acids is 1. The number of guanidine groups is 1. The summed E-state index contributed by atoms with van der Waals surface area (Å²) < 4.78 is 0. The molecule has 150 valence electrons. The third kappa shape index (κ3) is 13.7. The van der Waals surface area contributed by atoms with Gasteiger partial charge in [0.1, 0.15) is 0 Å². The van der Waals surface area contributed by atoms with Crippen LogP contribution in [0.1, 0.15) is 40.0 Å². The highest BCUT2D eigenvalue weighted by molar-refractivity contribution is 5.92. The van der Waals surface area contributed by atoms with Crippen LogP contribution in [-0.4, -0.2) is 59.8 Å². The molecule has 0 aliphatic rings. The molecule has 0 aliphatic carbocycles. The lowest BCUT2D eigenvalue weighted by Crippen LogP contribution is -2.48. The van der Waals surface area contributed by atoms with Crippen LogP contribution in [0.5, 0.6) is 0 Å². The second-order valence-electron chi connectivity index (χ2n) is 5.10. The molecule has 0 aliphatic heterocycles. The van der Waals surface area contributed by atoms with Crippen LogP contribution >= 0.6 is 0 Å². The Kier molecular flexibility index (Phi) is 14.4. The highest BCUT2D eigenvalue weighted by Gasteiger charge is 2.21. The van der Waals surface area contributed by atoms with E-state index in [9.17, 15) is 19.2 Å². The lowest BCUT2D eigenvalue weighted by atomic mass is 10.1. The lowest BCUT2D eigenvalue weighted by molar-refractivity contribution is -0.140. The van der Waals surface area contributed by atoms with Crippen LogP contribution in [0.2, 0.25) is 0 Å². The van der Waals surface area contributed by atoms with Gasteiger partial charge >= 0.3 is 5.97 Å². The van der Waals surface area contributed by atoms with Crippen LogP contribution in [0.15, 0.2) is 4.99 Å². The molecule has 0 bridgehead atoms. The highest BCUT2D eigenvalue weighted by atomic mass is 16.4. The van der Waals surface area contributed by atoms with Gasteiger partial charge in [0.25, 0.3) is 0 Å². The largest absolute Gasteiger partial charge is 0.481 e. The monoisotopic (exact) mass is 374 g/mol. The van der Waals surface area contributed by atoms with Gasteiger partial charge in [-0.3, -0.25) is 24.2 Å².